The first-order valence-corrected chi connectivity index (χ1v) is 11.5. The first-order chi connectivity index (χ1) is 16.4. The van der Waals surface area contributed by atoms with Gasteiger partial charge in [0.15, 0.2) is 0 Å². The molecule has 3 aromatic rings. The minimum atomic E-state index is -0.548. The number of anilines is 1. The third kappa shape index (κ3) is 4.98. The number of piperazine rings is 1. The van der Waals surface area contributed by atoms with E-state index in [0.29, 0.717) is 37.5 Å². The fourth-order valence-electron chi connectivity index (χ4n) is 3.70. The average molecular weight is 542 g/mol. The first kappa shape index (κ1) is 23.5. The highest BCUT2D eigenvalue weighted by molar-refractivity contribution is 9.10. The van der Waals surface area contributed by atoms with E-state index in [0.717, 1.165) is 5.69 Å². The second-order valence-corrected chi connectivity index (χ2v) is 8.74. The second-order valence-electron chi connectivity index (χ2n) is 7.53. The molecule has 1 amide bonds. The van der Waals surface area contributed by atoms with Crippen LogP contribution in [-0.4, -0.2) is 41.9 Å². The lowest BCUT2D eigenvalue weighted by Crippen LogP contribution is -2.49. The first-order valence-electron chi connectivity index (χ1n) is 10.3. The summed E-state index contributed by atoms with van der Waals surface area (Å²) in [6, 6.07) is 18.0. The summed E-state index contributed by atoms with van der Waals surface area (Å²) in [5.74, 6) is 0.241. The van der Waals surface area contributed by atoms with Crippen LogP contribution in [0.15, 0.2) is 69.1 Å². The number of nitriles is 1. The van der Waals surface area contributed by atoms with Gasteiger partial charge in [0.25, 0.3) is 11.6 Å². The molecule has 1 aromatic heterocycles. The topological polar surface area (TPSA) is 104 Å². The van der Waals surface area contributed by atoms with E-state index >= 15 is 0 Å². The third-order valence-corrected chi connectivity index (χ3v) is 6.80. The number of halogens is 2. The lowest BCUT2D eigenvalue weighted by molar-refractivity contribution is -0.385. The molecule has 0 bridgehead atoms. The van der Waals surface area contributed by atoms with Crippen molar-refractivity contribution in [3.63, 3.8) is 0 Å². The van der Waals surface area contributed by atoms with Gasteiger partial charge in [-0.3, -0.25) is 14.9 Å². The maximum atomic E-state index is 12.9. The lowest BCUT2D eigenvalue weighted by atomic mass is 10.1. The van der Waals surface area contributed by atoms with Crippen molar-refractivity contribution < 1.29 is 14.1 Å². The molecule has 0 radical (unpaired) electrons. The van der Waals surface area contributed by atoms with Crippen LogP contribution in [0.4, 0.5) is 11.4 Å². The van der Waals surface area contributed by atoms with Gasteiger partial charge < -0.3 is 14.2 Å². The normalized spacial score (nSPS) is 14.1. The maximum Gasteiger partial charge on any atom is 0.285 e. The Labute approximate surface area is 208 Å². The lowest BCUT2D eigenvalue weighted by Gasteiger charge is -2.36. The molecule has 0 N–H and O–H groups in total. The van der Waals surface area contributed by atoms with Crippen LogP contribution in [0, 0.1) is 21.4 Å². The highest BCUT2D eigenvalue weighted by atomic mass is 79.9. The molecule has 1 aliphatic heterocycles. The van der Waals surface area contributed by atoms with Gasteiger partial charge in [0.05, 0.1) is 9.95 Å². The number of amides is 1. The van der Waals surface area contributed by atoms with E-state index in [2.05, 4.69) is 20.8 Å². The van der Waals surface area contributed by atoms with E-state index in [-0.39, 0.29) is 32.4 Å². The molecule has 1 aliphatic rings. The van der Waals surface area contributed by atoms with Gasteiger partial charge in [-0.1, -0.05) is 29.8 Å². The number of nitro groups is 1. The highest BCUT2D eigenvalue weighted by Gasteiger charge is 2.24. The van der Waals surface area contributed by atoms with Gasteiger partial charge in [0.1, 0.15) is 27.6 Å². The summed E-state index contributed by atoms with van der Waals surface area (Å²) in [6.07, 6.45) is 1.38. The van der Waals surface area contributed by atoms with Crippen LogP contribution < -0.4 is 4.90 Å². The van der Waals surface area contributed by atoms with Crippen LogP contribution in [0.2, 0.25) is 5.02 Å². The number of carbonyl (C=O) groups excluding carboxylic acids is 1. The molecule has 10 heteroatoms. The van der Waals surface area contributed by atoms with Crippen LogP contribution in [0.5, 0.6) is 0 Å². The van der Waals surface area contributed by atoms with E-state index in [9.17, 15) is 20.2 Å². The third-order valence-electron chi connectivity index (χ3n) is 5.44. The van der Waals surface area contributed by atoms with Crippen molar-refractivity contribution in [2.45, 2.75) is 0 Å². The fraction of sp³-hybridized carbons (Fsp3) is 0.167. The summed E-state index contributed by atoms with van der Waals surface area (Å²) in [5.41, 5.74) is 1.26. The number of furan rings is 1. The monoisotopic (exact) mass is 540 g/mol. The van der Waals surface area contributed by atoms with Gasteiger partial charge in [-0.2, -0.15) is 5.26 Å². The molecule has 34 heavy (non-hydrogen) atoms. The Morgan fingerprint density at radius 3 is 2.50 bits per heavy atom. The molecule has 0 spiro atoms. The van der Waals surface area contributed by atoms with E-state index in [1.54, 1.807) is 17.0 Å². The van der Waals surface area contributed by atoms with Crippen molar-refractivity contribution in [3.05, 3.63) is 85.5 Å². The Morgan fingerprint density at radius 2 is 1.85 bits per heavy atom. The summed E-state index contributed by atoms with van der Waals surface area (Å²) in [4.78, 5) is 27.5. The largest absolute Gasteiger partial charge is 0.457 e. The van der Waals surface area contributed by atoms with Crippen molar-refractivity contribution in [3.8, 4) is 17.4 Å². The SMILES string of the molecule is N#C/C(=C/c1ccc(-c2cc(Cl)c(Br)c([N+](=O)[O-])c2)o1)C(=O)N1CCN(c2ccccc2)CC1. The second kappa shape index (κ2) is 10.1. The zero-order chi connectivity index (χ0) is 24.2. The molecule has 2 aromatic carbocycles. The van der Waals surface area contributed by atoms with Gasteiger partial charge in [-0.15, -0.1) is 0 Å². The standard InChI is InChI=1S/C24H18BrClN4O4/c25-23-20(26)13-16(14-21(23)30(32)33)22-7-6-19(34-22)12-17(15-27)24(31)29-10-8-28(9-11-29)18-4-2-1-3-5-18/h1-7,12-14H,8-11H2/b17-12-. The van der Waals surface area contributed by atoms with Crippen molar-refractivity contribution >= 4 is 50.9 Å². The molecule has 1 fully saturated rings. The molecule has 8 nitrogen and oxygen atoms in total. The van der Waals surface area contributed by atoms with E-state index in [1.165, 1.54) is 18.2 Å². The van der Waals surface area contributed by atoms with Crippen molar-refractivity contribution in [2.24, 2.45) is 0 Å². The zero-order valence-electron chi connectivity index (χ0n) is 17.8. The smallest absolute Gasteiger partial charge is 0.285 e. The Balaban J connectivity index is 1.49. The van der Waals surface area contributed by atoms with Gasteiger partial charge in [-0.25, -0.2) is 0 Å². The molecule has 0 atom stereocenters. The number of nitrogens with zero attached hydrogens (tertiary/aromatic N) is 4. The summed E-state index contributed by atoms with van der Waals surface area (Å²) >= 11 is 9.21. The molecule has 172 valence electrons. The van der Waals surface area contributed by atoms with Crippen LogP contribution in [0.1, 0.15) is 5.76 Å². The van der Waals surface area contributed by atoms with Gasteiger partial charge >= 0.3 is 0 Å². The molecule has 0 aliphatic carbocycles. The molecular weight excluding hydrogens is 524 g/mol. The maximum absolute atomic E-state index is 12.9. The van der Waals surface area contributed by atoms with Crippen LogP contribution >= 0.6 is 27.5 Å². The molecule has 0 unspecified atom stereocenters. The van der Waals surface area contributed by atoms with Gasteiger partial charge in [0.2, 0.25) is 0 Å². The van der Waals surface area contributed by atoms with Crippen LogP contribution in [0.3, 0.4) is 0 Å². The van der Waals surface area contributed by atoms with E-state index < -0.39 is 4.92 Å². The van der Waals surface area contributed by atoms with E-state index in [1.807, 2.05) is 36.4 Å². The summed E-state index contributed by atoms with van der Waals surface area (Å²) in [5, 5.41) is 21.0. The molecular formula is C24H18BrClN4O4. The van der Waals surface area contributed by atoms with E-state index in [4.69, 9.17) is 16.0 Å². The van der Waals surface area contributed by atoms with Gasteiger partial charge in [0, 0.05) is 49.6 Å². The Kier molecular flexibility index (Phi) is 7.01. The Morgan fingerprint density at radius 1 is 1.15 bits per heavy atom. The summed E-state index contributed by atoms with van der Waals surface area (Å²) in [7, 11) is 0. The minimum absolute atomic E-state index is 0.0473. The number of nitro benzene ring substituents is 1. The number of benzene rings is 2. The van der Waals surface area contributed by atoms with Crippen molar-refractivity contribution in [2.75, 3.05) is 31.1 Å². The number of hydrogen-bond acceptors (Lipinski definition) is 6. The summed E-state index contributed by atoms with van der Waals surface area (Å²) in [6.45, 7) is 2.33. The Hall–Kier alpha value is -3.61. The number of carbonyl (C=O) groups is 1. The van der Waals surface area contributed by atoms with Crippen molar-refractivity contribution in [1.82, 2.24) is 4.90 Å². The molecule has 1 saturated heterocycles. The number of rotatable bonds is 5. The zero-order valence-corrected chi connectivity index (χ0v) is 20.1. The predicted molar refractivity (Wildman–Crippen MR) is 132 cm³/mol. The van der Waals surface area contributed by atoms with Crippen molar-refractivity contribution in [1.29, 1.82) is 5.26 Å². The number of hydrogen-bond donors (Lipinski definition) is 0. The molecule has 4 rings (SSSR count). The predicted octanol–water partition coefficient (Wildman–Crippen LogP) is 5.53. The van der Waals surface area contributed by atoms with Crippen LogP contribution in [0.25, 0.3) is 17.4 Å². The number of para-hydroxylation sites is 1. The van der Waals surface area contributed by atoms with Gasteiger partial charge in [-0.05, 0) is 46.3 Å². The highest BCUT2D eigenvalue weighted by Crippen LogP contribution is 2.37. The quantitative estimate of drug-likeness (QED) is 0.182. The minimum Gasteiger partial charge on any atom is -0.457 e. The summed E-state index contributed by atoms with van der Waals surface area (Å²) < 4.78 is 5.92. The fourth-order valence-corrected chi connectivity index (χ4v) is 4.28. The average Bonchev–Trinajstić information content (AvgIpc) is 3.33. The molecule has 2 heterocycles. The Bertz CT molecular complexity index is 1310. The van der Waals surface area contributed by atoms with Crippen LogP contribution in [-0.2, 0) is 4.79 Å². The molecule has 0 saturated carbocycles.